The van der Waals surface area contributed by atoms with Crippen molar-refractivity contribution in [1.29, 1.82) is 0 Å². The molecule has 1 heterocycles. The van der Waals surface area contributed by atoms with Gasteiger partial charge in [0.05, 0.1) is 11.6 Å². The zero-order valence-electron chi connectivity index (χ0n) is 35.3. The van der Waals surface area contributed by atoms with Gasteiger partial charge >= 0.3 is 0 Å². The molecule has 0 radical (unpaired) electrons. The molecule has 0 fully saturated rings. The second kappa shape index (κ2) is 22.2. The highest BCUT2D eigenvalue weighted by atomic mass is 31.2. The van der Waals surface area contributed by atoms with Gasteiger partial charge in [0.2, 0.25) is 0 Å². The highest BCUT2D eigenvalue weighted by Gasteiger charge is 2.49. The Morgan fingerprint density at radius 2 is 1.27 bits per heavy atom. The van der Waals surface area contributed by atoms with Crippen LogP contribution in [0.4, 0.5) is 0 Å². The van der Waals surface area contributed by atoms with Crippen LogP contribution >= 0.6 is 7.26 Å². The smallest absolute Gasteiger partial charge is 0.123 e. The molecule has 0 saturated heterocycles. The third-order valence-electron chi connectivity index (χ3n) is 12.1. The van der Waals surface area contributed by atoms with Crippen LogP contribution in [-0.4, -0.2) is 22.7 Å². The lowest BCUT2D eigenvalue weighted by Gasteiger charge is -2.40. The van der Waals surface area contributed by atoms with Crippen LogP contribution in [0, 0.1) is 38.9 Å². The summed E-state index contributed by atoms with van der Waals surface area (Å²) in [5.41, 5.74) is 4.86. The van der Waals surface area contributed by atoms with E-state index in [-0.39, 0.29) is 11.1 Å². The molecule has 298 valence electrons. The van der Waals surface area contributed by atoms with Crippen molar-refractivity contribution in [2.24, 2.45) is 11.8 Å². The summed E-state index contributed by atoms with van der Waals surface area (Å²) >= 11 is 0. The van der Waals surface area contributed by atoms with Crippen molar-refractivity contribution in [2.45, 2.75) is 144 Å². The molecule has 55 heavy (non-hydrogen) atoms. The summed E-state index contributed by atoms with van der Waals surface area (Å²) in [6.07, 6.45) is 15.5. The third kappa shape index (κ3) is 11.4. The molecule has 0 saturated carbocycles. The van der Waals surface area contributed by atoms with Gasteiger partial charge in [0.1, 0.15) is 34.5 Å². The fourth-order valence-corrected chi connectivity index (χ4v) is 13.4. The van der Waals surface area contributed by atoms with E-state index in [9.17, 15) is 4.79 Å². The Balaban J connectivity index is 0.000000291. The lowest BCUT2D eigenvalue weighted by molar-refractivity contribution is 0.0512. The SMILES string of the molecule is CCC(C)CCCC(C)[P+](c1ccccc1)(c1ccccc1)c1ccccc1.CCCC(C)CCCC1(C)CCc2c(C)c(O[C-]=C=O)c(C)c(C)c2O1.O. The molecular weight excluding hydrogens is 696 g/mol. The lowest BCUT2D eigenvalue weighted by Crippen LogP contribution is -2.37. The molecule has 2 N–H and O–H groups in total. The maximum Gasteiger partial charge on any atom is 0.123 e. The van der Waals surface area contributed by atoms with Crippen molar-refractivity contribution in [3.8, 4) is 11.5 Å². The van der Waals surface area contributed by atoms with Gasteiger partial charge in [-0.2, -0.15) is 0 Å². The average molecular weight is 765 g/mol. The Hall–Kier alpha value is -3.68. The molecule has 0 bridgehead atoms. The highest BCUT2D eigenvalue weighted by molar-refractivity contribution is 7.96. The number of rotatable bonds is 17. The van der Waals surface area contributed by atoms with Gasteiger partial charge in [-0.05, 0) is 124 Å². The Morgan fingerprint density at radius 3 is 1.76 bits per heavy atom. The minimum Gasteiger partial charge on any atom is -0.631 e. The fourth-order valence-electron chi connectivity index (χ4n) is 8.50. The number of hydrogen-bond acceptors (Lipinski definition) is 3. The summed E-state index contributed by atoms with van der Waals surface area (Å²) in [4.78, 5) is 10.5. The molecule has 4 aromatic rings. The van der Waals surface area contributed by atoms with E-state index in [1.807, 2.05) is 13.8 Å². The summed E-state index contributed by atoms with van der Waals surface area (Å²) < 4.78 is 12.0. The third-order valence-corrected chi connectivity index (χ3v) is 17.0. The van der Waals surface area contributed by atoms with E-state index < -0.39 is 7.26 Å². The average Bonchev–Trinajstić information content (AvgIpc) is 3.19. The van der Waals surface area contributed by atoms with E-state index in [0.29, 0.717) is 11.4 Å². The molecular formula is C50H69O4P. The summed E-state index contributed by atoms with van der Waals surface area (Å²) in [6.45, 7) is 20.2. The topological polar surface area (TPSA) is 67.0 Å². The van der Waals surface area contributed by atoms with Gasteiger partial charge in [-0.25, -0.2) is 0 Å². The monoisotopic (exact) mass is 764 g/mol. The van der Waals surface area contributed by atoms with E-state index in [1.165, 1.54) is 72.8 Å². The van der Waals surface area contributed by atoms with Gasteiger partial charge in [0.25, 0.3) is 0 Å². The fraction of sp³-hybridized carbons (Fsp3) is 0.480. The highest BCUT2D eigenvalue weighted by Crippen LogP contribution is 2.61. The molecule has 0 spiro atoms. The van der Waals surface area contributed by atoms with Crippen molar-refractivity contribution in [3.05, 3.63) is 120 Å². The molecule has 4 nitrogen and oxygen atoms in total. The van der Waals surface area contributed by atoms with Crippen LogP contribution in [0.3, 0.4) is 0 Å². The number of hydrogen-bond donors (Lipinski definition) is 0. The molecule has 4 aromatic carbocycles. The first kappa shape index (κ1) is 45.7. The summed E-state index contributed by atoms with van der Waals surface area (Å²) in [5.74, 6) is 4.92. The van der Waals surface area contributed by atoms with E-state index >= 15 is 0 Å². The lowest BCUT2D eigenvalue weighted by atomic mass is 9.84. The molecule has 1 aliphatic heterocycles. The first-order chi connectivity index (χ1) is 26.0. The first-order valence-corrected chi connectivity index (χ1v) is 22.5. The van der Waals surface area contributed by atoms with Gasteiger partial charge < -0.3 is 14.9 Å². The Bertz CT molecular complexity index is 1670. The Kier molecular flexibility index (Phi) is 18.4. The predicted octanol–water partition coefficient (Wildman–Crippen LogP) is 11.6. The largest absolute Gasteiger partial charge is 0.631 e. The normalized spacial score (nSPS) is 16.5. The second-order valence-electron chi connectivity index (χ2n) is 16.2. The van der Waals surface area contributed by atoms with Crippen molar-refractivity contribution >= 4 is 29.1 Å². The van der Waals surface area contributed by atoms with Gasteiger partial charge in [0, 0.05) is 6.26 Å². The van der Waals surface area contributed by atoms with Gasteiger partial charge in [-0.15, -0.1) is 0 Å². The van der Waals surface area contributed by atoms with E-state index in [0.717, 1.165) is 53.5 Å². The Morgan fingerprint density at radius 1 is 0.745 bits per heavy atom. The second-order valence-corrected chi connectivity index (χ2v) is 20.1. The molecule has 0 aromatic heterocycles. The number of ether oxygens (including phenoxy) is 2. The summed E-state index contributed by atoms with van der Waals surface area (Å²) in [6, 6.07) is 33.8. The first-order valence-electron chi connectivity index (χ1n) is 20.7. The number of carbonyl (C=O) groups excluding carboxylic acids is 1. The zero-order valence-corrected chi connectivity index (χ0v) is 36.2. The van der Waals surface area contributed by atoms with Gasteiger partial charge in [-0.1, -0.05) is 139 Å². The van der Waals surface area contributed by atoms with Crippen LogP contribution in [0.1, 0.15) is 128 Å². The van der Waals surface area contributed by atoms with Crippen molar-refractivity contribution in [3.63, 3.8) is 0 Å². The minimum atomic E-state index is -1.71. The van der Waals surface area contributed by atoms with Crippen molar-refractivity contribution in [2.75, 3.05) is 0 Å². The molecule has 1 aliphatic rings. The van der Waals surface area contributed by atoms with Crippen LogP contribution in [0.2, 0.25) is 0 Å². The van der Waals surface area contributed by atoms with Gasteiger partial charge in [-0.3, -0.25) is 4.79 Å². The standard InChI is InChI=1S/C27H34P.C23H33O3.H2O/c1-4-23(2)15-14-16-24(3)28(25-17-8-5-9-18-25,26-19-10-6-11-20-26)27-21-12-7-13-22-27;1-7-9-16(2)10-8-12-23(6)13-11-20-19(5)21(25-15-14-24)17(3)18(4)22(20)26-23;/h5-13,17-24H,4,14-16H2,1-3H3;16H,7-13H2,1-6H3;1H2/q+1;-1;. The van der Waals surface area contributed by atoms with Crippen LogP contribution < -0.4 is 25.4 Å². The van der Waals surface area contributed by atoms with Gasteiger partial charge in [0.15, 0.2) is 0 Å². The van der Waals surface area contributed by atoms with Crippen LogP contribution in [0.15, 0.2) is 91.0 Å². The Labute approximate surface area is 334 Å². The van der Waals surface area contributed by atoms with Crippen molar-refractivity contribution in [1.82, 2.24) is 0 Å². The van der Waals surface area contributed by atoms with Crippen molar-refractivity contribution < 1.29 is 19.7 Å². The molecule has 0 amide bonds. The number of fused-ring (bicyclic) bond motifs is 1. The van der Waals surface area contributed by atoms with Crippen LogP contribution in [0.5, 0.6) is 11.5 Å². The maximum absolute atomic E-state index is 10.5. The summed E-state index contributed by atoms with van der Waals surface area (Å²) in [7, 11) is -1.71. The molecule has 5 heteroatoms. The van der Waals surface area contributed by atoms with E-state index in [2.05, 4.69) is 146 Å². The van der Waals surface area contributed by atoms with E-state index in [4.69, 9.17) is 9.47 Å². The zero-order chi connectivity index (χ0) is 39.1. The molecule has 5 rings (SSSR count). The van der Waals surface area contributed by atoms with Crippen LogP contribution in [-0.2, 0) is 11.2 Å². The quantitative estimate of drug-likeness (QED) is 0.0465. The predicted molar refractivity (Wildman–Crippen MR) is 237 cm³/mol. The van der Waals surface area contributed by atoms with Crippen LogP contribution in [0.25, 0.3) is 0 Å². The molecule has 0 aliphatic carbocycles. The minimum absolute atomic E-state index is 0. The molecule has 4 unspecified atom stereocenters. The molecule has 4 atom stereocenters. The van der Waals surface area contributed by atoms with E-state index in [1.54, 1.807) is 5.94 Å². The maximum atomic E-state index is 10.5. The summed E-state index contributed by atoms with van der Waals surface area (Å²) in [5, 5.41) is 4.51. The number of benzene rings is 4.